The SMILES string of the molecule is Cn1nnc(CC(=O)CCC(C)(C)N)n1. The van der Waals surface area contributed by atoms with Gasteiger partial charge in [-0.25, -0.2) is 0 Å². The average molecular weight is 211 g/mol. The lowest BCUT2D eigenvalue weighted by Gasteiger charge is -2.16. The Labute approximate surface area is 88.8 Å². The summed E-state index contributed by atoms with van der Waals surface area (Å²) < 4.78 is 0. The quantitative estimate of drug-likeness (QED) is 0.731. The van der Waals surface area contributed by atoms with Crippen LogP contribution in [0.5, 0.6) is 0 Å². The second-order valence-electron chi connectivity index (χ2n) is 4.40. The van der Waals surface area contributed by atoms with Crippen molar-refractivity contribution in [1.82, 2.24) is 20.2 Å². The summed E-state index contributed by atoms with van der Waals surface area (Å²) in [5.41, 5.74) is 5.48. The Morgan fingerprint density at radius 3 is 2.67 bits per heavy atom. The highest BCUT2D eigenvalue weighted by atomic mass is 16.1. The van der Waals surface area contributed by atoms with Gasteiger partial charge in [0.15, 0.2) is 5.82 Å². The molecule has 0 bridgehead atoms. The van der Waals surface area contributed by atoms with E-state index in [0.717, 1.165) is 0 Å². The van der Waals surface area contributed by atoms with Crippen LogP contribution >= 0.6 is 0 Å². The number of nitrogens with two attached hydrogens (primary N) is 1. The average Bonchev–Trinajstić information content (AvgIpc) is 2.47. The predicted octanol–water partition coefficient (Wildman–Crippen LogP) is -0.161. The molecule has 0 fully saturated rings. The fraction of sp³-hybridized carbons (Fsp3) is 0.778. The number of carbonyl (C=O) groups is 1. The van der Waals surface area contributed by atoms with Crippen LogP contribution in [0.3, 0.4) is 0 Å². The van der Waals surface area contributed by atoms with Gasteiger partial charge in [0, 0.05) is 12.0 Å². The Bertz CT molecular complexity index is 339. The van der Waals surface area contributed by atoms with Gasteiger partial charge in [-0.1, -0.05) is 0 Å². The summed E-state index contributed by atoms with van der Waals surface area (Å²) in [6, 6.07) is 0. The maximum atomic E-state index is 11.5. The van der Waals surface area contributed by atoms with Crippen molar-refractivity contribution in [2.45, 2.75) is 38.6 Å². The van der Waals surface area contributed by atoms with E-state index >= 15 is 0 Å². The maximum Gasteiger partial charge on any atom is 0.182 e. The van der Waals surface area contributed by atoms with Crippen molar-refractivity contribution in [1.29, 1.82) is 0 Å². The van der Waals surface area contributed by atoms with Crippen molar-refractivity contribution < 1.29 is 4.79 Å². The summed E-state index contributed by atoms with van der Waals surface area (Å²) in [5.74, 6) is 0.568. The fourth-order valence-corrected chi connectivity index (χ4v) is 1.12. The molecule has 84 valence electrons. The van der Waals surface area contributed by atoms with E-state index in [0.29, 0.717) is 18.7 Å². The number of tetrazole rings is 1. The number of Topliss-reactive ketones (excluding diaryl/α,β-unsaturated/α-hetero) is 1. The van der Waals surface area contributed by atoms with Gasteiger partial charge >= 0.3 is 0 Å². The molecule has 0 spiro atoms. The molecule has 0 aliphatic rings. The molecule has 15 heavy (non-hydrogen) atoms. The first kappa shape index (κ1) is 11.8. The lowest BCUT2D eigenvalue weighted by Crippen LogP contribution is -2.32. The second-order valence-corrected chi connectivity index (χ2v) is 4.40. The molecule has 1 heterocycles. The summed E-state index contributed by atoms with van der Waals surface area (Å²) in [6.07, 6.45) is 1.37. The lowest BCUT2D eigenvalue weighted by atomic mass is 9.97. The normalized spacial score (nSPS) is 11.7. The van der Waals surface area contributed by atoms with Gasteiger partial charge in [0.1, 0.15) is 5.78 Å². The van der Waals surface area contributed by atoms with Crippen molar-refractivity contribution in [3.63, 3.8) is 0 Å². The van der Waals surface area contributed by atoms with E-state index in [2.05, 4.69) is 15.4 Å². The van der Waals surface area contributed by atoms with Crippen LogP contribution in [0.2, 0.25) is 0 Å². The molecule has 0 unspecified atom stereocenters. The van der Waals surface area contributed by atoms with Gasteiger partial charge in [-0.3, -0.25) is 4.79 Å². The zero-order chi connectivity index (χ0) is 11.5. The number of aromatic nitrogens is 4. The standard InChI is InChI=1S/C9H17N5O/c1-9(2,10)5-4-7(15)6-8-11-13-14(3)12-8/h4-6,10H2,1-3H3. The van der Waals surface area contributed by atoms with E-state index in [1.54, 1.807) is 7.05 Å². The summed E-state index contributed by atoms with van der Waals surface area (Å²) in [5, 5.41) is 11.3. The Balaban J connectivity index is 2.37. The molecule has 0 radical (unpaired) electrons. The van der Waals surface area contributed by atoms with Gasteiger partial charge in [0.05, 0.1) is 13.5 Å². The molecular formula is C9H17N5O. The Kier molecular flexibility index (Phi) is 3.52. The number of hydrogen-bond donors (Lipinski definition) is 1. The van der Waals surface area contributed by atoms with E-state index < -0.39 is 0 Å². The van der Waals surface area contributed by atoms with E-state index in [4.69, 9.17) is 5.73 Å². The number of hydrogen-bond acceptors (Lipinski definition) is 5. The van der Waals surface area contributed by atoms with E-state index in [-0.39, 0.29) is 17.7 Å². The maximum absolute atomic E-state index is 11.5. The minimum atomic E-state index is -0.300. The van der Waals surface area contributed by atoms with Crippen molar-refractivity contribution in [3.05, 3.63) is 5.82 Å². The third kappa shape index (κ3) is 4.64. The summed E-state index contributed by atoms with van der Waals surface area (Å²) >= 11 is 0. The van der Waals surface area contributed by atoms with Gasteiger partial charge in [0.2, 0.25) is 0 Å². The third-order valence-electron chi connectivity index (χ3n) is 1.95. The molecule has 2 N–H and O–H groups in total. The molecule has 0 saturated heterocycles. The monoisotopic (exact) mass is 211 g/mol. The molecule has 1 aromatic rings. The van der Waals surface area contributed by atoms with Crippen LogP contribution in [0.1, 0.15) is 32.5 Å². The number of nitrogens with zero attached hydrogens (tertiary/aromatic N) is 4. The number of aryl methyl sites for hydroxylation is 1. The molecule has 0 amide bonds. The topological polar surface area (TPSA) is 86.7 Å². The van der Waals surface area contributed by atoms with Crippen LogP contribution in [0.25, 0.3) is 0 Å². The second kappa shape index (κ2) is 4.48. The zero-order valence-corrected chi connectivity index (χ0v) is 9.40. The van der Waals surface area contributed by atoms with Crippen LogP contribution in [0.4, 0.5) is 0 Å². The van der Waals surface area contributed by atoms with Crippen molar-refractivity contribution in [3.8, 4) is 0 Å². The molecule has 1 aromatic heterocycles. The first-order chi connectivity index (χ1) is 6.87. The number of ketones is 1. The number of rotatable bonds is 5. The van der Waals surface area contributed by atoms with Crippen molar-refractivity contribution >= 4 is 5.78 Å². The van der Waals surface area contributed by atoms with Crippen molar-refractivity contribution in [2.24, 2.45) is 12.8 Å². The first-order valence-electron chi connectivity index (χ1n) is 4.90. The molecule has 6 nitrogen and oxygen atoms in total. The summed E-state index contributed by atoms with van der Waals surface area (Å²) in [4.78, 5) is 12.8. The predicted molar refractivity (Wildman–Crippen MR) is 55.0 cm³/mol. The molecule has 0 aliphatic carbocycles. The molecular weight excluding hydrogens is 194 g/mol. The first-order valence-corrected chi connectivity index (χ1v) is 4.90. The van der Waals surface area contributed by atoms with Gasteiger partial charge in [-0.15, -0.1) is 10.2 Å². The highest BCUT2D eigenvalue weighted by molar-refractivity contribution is 5.80. The summed E-state index contributed by atoms with van der Waals surface area (Å²) in [6.45, 7) is 3.81. The van der Waals surface area contributed by atoms with Crippen LogP contribution in [0, 0.1) is 0 Å². The van der Waals surface area contributed by atoms with Crippen LogP contribution in [-0.2, 0) is 18.3 Å². The van der Waals surface area contributed by atoms with Gasteiger partial charge in [-0.05, 0) is 25.5 Å². The van der Waals surface area contributed by atoms with Gasteiger partial charge in [-0.2, -0.15) is 4.80 Å². The van der Waals surface area contributed by atoms with Gasteiger partial charge < -0.3 is 5.73 Å². The minimum Gasteiger partial charge on any atom is -0.326 e. The lowest BCUT2D eigenvalue weighted by molar-refractivity contribution is -0.118. The smallest absolute Gasteiger partial charge is 0.182 e. The number of carbonyl (C=O) groups excluding carboxylic acids is 1. The fourth-order valence-electron chi connectivity index (χ4n) is 1.12. The van der Waals surface area contributed by atoms with Crippen molar-refractivity contribution in [2.75, 3.05) is 0 Å². The molecule has 0 aromatic carbocycles. The Morgan fingerprint density at radius 1 is 1.53 bits per heavy atom. The third-order valence-corrected chi connectivity index (χ3v) is 1.95. The Hall–Kier alpha value is -1.30. The largest absolute Gasteiger partial charge is 0.326 e. The molecule has 0 atom stereocenters. The molecule has 1 rings (SSSR count). The van der Waals surface area contributed by atoms with E-state index in [1.807, 2.05) is 13.8 Å². The highest BCUT2D eigenvalue weighted by Crippen LogP contribution is 2.08. The van der Waals surface area contributed by atoms with E-state index in [1.165, 1.54) is 4.80 Å². The molecule has 0 aliphatic heterocycles. The van der Waals surface area contributed by atoms with E-state index in [9.17, 15) is 4.79 Å². The summed E-state index contributed by atoms with van der Waals surface area (Å²) in [7, 11) is 1.67. The zero-order valence-electron chi connectivity index (χ0n) is 9.40. The van der Waals surface area contributed by atoms with Crippen LogP contribution in [-0.4, -0.2) is 31.5 Å². The molecule has 0 saturated carbocycles. The molecule has 6 heteroatoms. The van der Waals surface area contributed by atoms with Crippen LogP contribution in [0.15, 0.2) is 0 Å². The minimum absolute atomic E-state index is 0.0986. The Morgan fingerprint density at radius 2 is 2.20 bits per heavy atom. The van der Waals surface area contributed by atoms with Gasteiger partial charge in [0.25, 0.3) is 0 Å². The highest BCUT2D eigenvalue weighted by Gasteiger charge is 2.14. The van der Waals surface area contributed by atoms with Crippen LogP contribution < -0.4 is 5.73 Å².